The lowest BCUT2D eigenvalue weighted by Gasteiger charge is -2.30. The highest BCUT2D eigenvalue weighted by Gasteiger charge is 2.24. The van der Waals surface area contributed by atoms with Crippen LogP contribution in [0.5, 0.6) is 5.75 Å². The van der Waals surface area contributed by atoms with Crippen LogP contribution in [-0.2, 0) is 0 Å². The molecule has 0 N–H and O–H groups in total. The van der Waals surface area contributed by atoms with Crippen LogP contribution in [0.3, 0.4) is 0 Å². The minimum Gasteiger partial charge on any atom is -0.486 e. The smallest absolute Gasteiger partial charge is 0.180 e. The molecule has 25 heavy (non-hydrogen) atoms. The van der Waals surface area contributed by atoms with E-state index in [0.717, 1.165) is 11.4 Å². The summed E-state index contributed by atoms with van der Waals surface area (Å²) >= 11 is 0. The number of nitriles is 1. The minimum absolute atomic E-state index is 0.490. The first-order valence-corrected chi connectivity index (χ1v) is 7.82. The summed E-state index contributed by atoms with van der Waals surface area (Å²) in [4.78, 5) is 19.5. The van der Waals surface area contributed by atoms with Crippen LogP contribution in [-0.4, -0.2) is 33.1 Å². The third-order valence-corrected chi connectivity index (χ3v) is 3.89. The first-order chi connectivity index (χ1) is 12.3. The number of anilines is 2. The molecule has 4 rings (SSSR count). The molecular weight excluding hydrogens is 316 g/mol. The summed E-state index contributed by atoms with van der Waals surface area (Å²) < 4.78 is 5.68. The molecule has 0 fully saturated rings. The minimum atomic E-state index is 0.490. The monoisotopic (exact) mass is 330 g/mol. The third kappa shape index (κ3) is 2.74. The van der Waals surface area contributed by atoms with Gasteiger partial charge in [0.05, 0.1) is 24.0 Å². The Morgan fingerprint density at radius 1 is 1.20 bits per heavy atom. The normalized spacial score (nSPS) is 12.9. The van der Waals surface area contributed by atoms with Crippen molar-refractivity contribution in [3.63, 3.8) is 0 Å². The molecular formula is C18H14N6O. The predicted octanol–water partition coefficient (Wildman–Crippen LogP) is 2.64. The van der Waals surface area contributed by atoms with E-state index in [1.165, 1.54) is 0 Å². The zero-order valence-electron chi connectivity index (χ0n) is 13.5. The quantitative estimate of drug-likeness (QED) is 0.713. The van der Waals surface area contributed by atoms with E-state index in [1.54, 1.807) is 24.7 Å². The summed E-state index contributed by atoms with van der Waals surface area (Å²) in [7, 11) is 0. The molecule has 0 saturated heterocycles. The second kappa shape index (κ2) is 6.17. The molecule has 0 atom stereocenters. The molecule has 0 radical (unpaired) electrons. The predicted molar refractivity (Wildman–Crippen MR) is 91.5 cm³/mol. The fraction of sp³-hybridized carbons (Fsp3) is 0.167. The molecule has 7 heteroatoms. The van der Waals surface area contributed by atoms with Crippen molar-refractivity contribution in [1.82, 2.24) is 19.9 Å². The van der Waals surface area contributed by atoms with Gasteiger partial charge in [-0.3, -0.25) is 4.98 Å². The van der Waals surface area contributed by atoms with Gasteiger partial charge in [0, 0.05) is 18.1 Å². The van der Waals surface area contributed by atoms with Crippen molar-refractivity contribution in [2.24, 2.45) is 0 Å². The molecule has 1 aliphatic rings. The molecule has 4 heterocycles. The van der Waals surface area contributed by atoms with E-state index in [2.05, 4.69) is 26.0 Å². The van der Waals surface area contributed by atoms with Gasteiger partial charge in [-0.1, -0.05) is 6.07 Å². The fourth-order valence-electron chi connectivity index (χ4n) is 2.74. The average molecular weight is 330 g/mol. The Morgan fingerprint density at radius 3 is 2.96 bits per heavy atom. The molecule has 0 aromatic carbocycles. The van der Waals surface area contributed by atoms with Crippen LogP contribution < -0.4 is 9.64 Å². The standard InChI is InChI=1S/C18H14N6O/c1-12-3-2-4-14(22-12)17-21-11-16-18(23-17)24(7-8-25-16)15-5-6-20-10-13(15)9-19/h2-6,10-11H,7-8H2,1H3. The highest BCUT2D eigenvalue weighted by atomic mass is 16.5. The second-order valence-corrected chi connectivity index (χ2v) is 5.55. The van der Waals surface area contributed by atoms with Gasteiger partial charge in [0.15, 0.2) is 17.4 Å². The maximum absolute atomic E-state index is 9.37. The van der Waals surface area contributed by atoms with E-state index in [1.807, 2.05) is 30.0 Å². The van der Waals surface area contributed by atoms with Gasteiger partial charge in [0.1, 0.15) is 18.4 Å². The van der Waals surface area contributed by atoms with Crippen LogP contribution >= 0.6 is 0 Å². The summed E-state index contributed by atoms with van der Waals surface area (Å²) in [5.41, 5.74) is 2.84. The van der Waals surface area contributed by atoms with Gasteiger partial charge in [-0.25, -0.2) is 15.0 Å². The fourth-order valence-corrected chi connectivity index (χ4v) is 2.74. The van der Waals surface area contributed by atoms with Gasteiger partial charge >= 0.3 is 0 Å². The van der Waals surface area contributed by atoms with Gasteiger partial charge in [-0.05, 0) is 25.1 Å². The van der Waals surface area contributed by atoms with E-state index < -0.39 is 0 Å². The number of aromatic nitrogens is 4. The number of fused-ring (bicyclic) bond motifs is 1. The van der Waals surface area contributed by atoms with Crippen molar-refractivity contribution in [1.29, 1.82) is 5.26 Å². The summed E-state index contributed by atoms with van der Waals surface area (Å²) in [6, 6.07) is 9.70. The summed E-state index contributed by atoms with van der Waals surface area (Å²) in [5, 5.41) is 9.37. The van der Waals surface area contributed by atoms with E-state index in [9.17, 15) is 5.26 Å². The molecule has 122 valence electrons. The summed E-state index contributed by atoms with van der Waals surface area (Å²) in [5.74, 6) is 1.73. The lowest BCUT2D eigenvalue weighted by atomic mass is 10.2. The third-order valence-electron chi connectivity index (χ3n) is 3.89. The molecule has 0 amide bonds. The lowest BCUT2D eigenvalue weighted by Crippen LogP contribution is -2.30. The highest BCUT2D eigenvalue weighted by molar-refractivity contribution is 5.72. The number of rotatable bonds is 2. The Morgan fingerprint density at radius 2 is 2.12 bits per heavy atom. The zero-order valence-corrected chi connectivity index (χ0v) is 13.5. The number of pyridine rings is 2. The van der Waals surface area contributed by atoms with Gasteiger partial charge in [0.25, 0.3) is 0 Å². The van der Waals surface area contributed by atoms with Gasteiger partial charge in [-0.2, -0.15) is 5.26 Å². The van der Waals surface area contributed by atoms with Crippen molar-refractivity contribution < 1.29 is 4.74 Å². The highest BCUT2D eigenvalue weighted by Crippen LogP contribution is 2.36. The lowest BCUT2D eigenvalue weighted by molar-refractivity contribution is 0.310. The SMILES string of the molecule is Cc1cccc(-c2ncc3c(n2)N(c2ccncc2C#N)CCO3)n1. The zero-order chi connectivity index (χ0) is 17.2. The Labute approximate surface area is 144 Å². The summed E-state index contributed by atoms with van der Waals surface area (Å²) in [6.07, 6.45) is 4.87. The Hall–Kier alpha value is -3.53. The Balaban J connectivity index is 1.83. The molecule has 3 aromatic rings. The van der Waals surface area contributed by atoms with Crippen LogP contribution in [0.1, 0.15) is 11.3 Å². The van der Waals surface area contributed by atoms with Gasteiger partial charge in [-0.15, -0.1) is 0 Å². The summed E-state index contributed by atoms with van der Waals surface area (Å²) in [6.45, 7) is 3.00. The Bertz CT molecular complexity index is 981. The first-order valence-electron chi connectivity index (χ1n) is 7.82. The van der Waals surface area contributed by atoms with Crippen molar-refractivity contribution in [3.05, 3.63) is 54.1 Å². The molecule has 3 aromatic heterocycles. The molecule has 1 aliphatic heterocycles. The van der Waals surface area contributed by atoms with Gasteiger partial charge < -0.3 is 9.64 Å². The molecule has 0 bridgehead atoms. The number of aryl methyl sites for hydroxylation is 1. The van der Waals surface area contributed by atoms with Crippen LogP contribution in [0.25, 0.3) is 11.5 Å². The Kier molecular flexibility index (Phi) is 3.71. The first kappa shape index (κ1) is 15.0. The molecule has 0 aliphatic carbocycles. The molecule has 0 spiro atoms. The van der Waals surface area contributed by atoms with E-state index in [-0.39, 0.29) is 0 Å². The number of nitrogens with zero attached hydrogens (tertiary/aromatic N) is 6. The molecule has 7 nitrogen and oxygen atoms in total. The van der Waals surface area contributed by atoms with Crippen LogP contribution in [0.4, 0.5) is 11.5 Å². The maximum Gasteiger partial charge on any atom is 0.180 e. The van der Waals surface area contributed by atoms with Crippen molar-refractivity contribution >= 4 is 11.5 Å². The topological polar surface area (TPSA) is 87.8 Å². The molecule has 0 unspecified atom stereocenters. The largest absolute Gasteiger partial charge is 0.486 e. The number of ether oxygens (including phenoxy) is 1. The number of hydrogen-bond acceptors (Lipinski definition) is 7. The van der Waals surface area contributed by atoms with E-state index in [0.29, 0.717) is 41.8 Å². The maximum atomic E-state index is 9.37. The molecule has 0 saturated carbocycles. The van der Waals surface area contributed by atoms with Crippen molar-refractivity contribution in [2.75, 3.05) is 18.1 Å². The van der Waals surface area contributed by atoms with Crippen molar-refractivity contribution in [2.45, 2.75) is 6.92 Å². The van der Waals surface area contributed by atoms with Crippen LogP contribution in [0.2, 0.25) is 0 Å². The van der Waals surface area contributed by atoms with Crippen molar-refractivity contribution in [3.8, 4) is 23.3 Å². The van der Waals surface area contributed by atoms with E-state index in [4.69, 9.17) is 4.74 Å². The van der Waals surface area contributed by atoms with E-state index >= 15 is 0 Å². The average Bonchev–Trinajstić information content (AvgIpc) is 2.67. The number of hydrogen-bond donors (Lipinski definition) is 0. The second-order valence-electron chi connectivity index (χ2n) is 5.55. The van der Waals surface area contributed by atoms with Gasteiger partial charge in [0.2, 0.25) is 0 Å². The van der Waals surface area contributed by atoms with Crippen LogP contribution in [0.15, 0.2) is 42.9 Å². The van der Waals surface area contributed by atoms with Crippen LogP contribution in [0, 0.1) is 18.3 Å².